The fraction of sp³-hybridized carbons (Fsp3) is 0.556. The topological polar surface area (TPSA) is 66.4 Å². The summed E-state index contributed by atoms with van der Waals surface area (Å²) in [7, 11) is 0. The van der Waals surface area contributed by atoms with Gasteiger partial charge in [-0.15, -0.1) is 0 Å². The van der Waals surface area contributed by atoms with Gasteiger partial charge in [0.15, 0.2) is 0 Å². The Hall–Kier alpha value is -1.84. The van der Waals surface area contributed by atoms with E-state index in [0.717, 1.165) is 12.8 Å². The molecule has 0 amide bonds. The summed E-state index contributed by atoms with van der Waals surface area (Å²) in [5.41, 5.74) is 0.0713. The first kappa shape index (κ1) is 15.1. The molecule has 0 aliphatic heterocycles. The van der Waals surface area contributed by atoms with E-state index in [1.807, 2.05) is 0 Å². The predicted octanol–water partition coefficient (Wildman–Crippen LogP) is 2.42. The minimum absolute atomic E-state index is 0.0380. The van der Waals surface area contributed by atoms with Crippen LogP contribution in [-0.2, 0) is 4.74 Å². The van der Waals surface area contributed by atoms with Crippen molar-refractivity contribution in [1.82, 2.24) is 0 Å². The number of benzene rings is 1. The summed E-state index contributed by atoms with van der Waals surface area (Å²) in [6.45, 7) is 6.67. The molecule has 4 nitrogen and oxygen atoms in total. The molecule has 22 heavy (non-hydrogen) atoms. The van der Waals surface area contributed by atoms with Gasteiger partial charge in [0, 0.05) is 11.0 Å². The number of esters is 1. The molecule has 2 bridgehead atoms. The van der Waals surface area contributed by atoms with Crippen LogP contribution in [0.3, 0.4) is 0 Å². The van der Waals surface area contributed by atoms with Crippen molar-refractivity contribution in [1.29, 1.82) is 0 Å². The Morgan fingerprint density at radius 2 is 1.82 bits per heavy atom. The number of aromatic carboxylic acids is 1. The molecule has 0 unspecified atom stereocenters. The summed E-state index contributed by atoms with van der Waals surface area (Å²) in [6, 6.07) is 6.06. The second-order valence-electron chi connectivity index (χ2n) is 7.34. The smallest absolute Gasteiger partial charge is 0.339 e. The minimum atomic E-state index is -1.35. The highest BCUT2D eigenvalue weighted by Gasteiger charge is 2.62. The lowest BCUT2D eigenvalue weighted by Crippen LogP contribution is -2.38. The first-order chi connectivity index (χ1) is 10.3. The molecule has 0 N–H and O–H groups in total. The molecule has 2 aliphatic carbocycles. The normalized spacial score (nSPS) is 32.0. The number of fused-ring (bicyclic) bond motifs is 2. The van der Waals surface area contributed by atoms with E-state index in [1.165, 1.54) is 18.6 Å². The fourth-order valence-electron chi connectivity index (χ4n) is 4.34. The maximum Gasteiger partial charge on any atom is 0.339 e. The number of hydrogen-bond donors (Lipinski definition) is 0. The molecule has 3 rings (SSSR count). The van der Waals surface area contributed by atoms with E-state index >= 15 is 0 Å². The van der Waals surface area contributed by atoms with Crippen LogP contribution in [0.25, 0.3) is 0 Å². The third-order valence-electron chi connectivity index (χ3n) is 6.33. The Labute approximate surface area is 130 Å². The van der Waals surface area contributed by atoms with Crippen molar-refractivity contribution in [3.05, 3.63) is 35.4 Å². The molecule has 0 radical (unpaired) electrons. The number of rotatable bonds is 3. The highest BCUT2D eigenvalue weighted by Crippen LogP contribution is 2.66. The van der Waals surface area contributed by atoms with Gasteiger partial charge in [0.1, 0.15) is 6.10 Å². The first-order valence-electron chi connectivity index (χ1n) is 7.79. The van der Waals surface area contributed by atoms with Crippen molar-refractivity contribution in [2.75, 3.05) is 0 Å². The van der Waals surface area contributed by atoms with E-state index in [9.17, 15) is 14.7 Å². The van der Waals surface area contributed by atoms with Crippen LogP contribution in [-0.4, -0.2) is 18.0 Å². The van der Waals surface area contributed by atoms with Crippen molar-refractivity contribution in [2.24, 2.45) is 16.7 Å². The summed E-state index contributed by atoms with van der Waals surface area (Å²) in [5.74, 6) is -1.35. The van der Waals surface area contributed by atoms with Crippen LogP contribution in [0.1, 0.15) is 60.7 Å². The van der Waals surface area contributed by atoms with Gasteiger partial charge in [-0.05, 0) is 36.7 Å². The van der Waals surface area contributed by atoms with Gasteiger partial charge in [-0.25, -0.2) is 4.79 Å². The molecule has 0 heterocycles. The lowest BCUT2D eigenvalue weighted by atomic mass is 9.70. The van der Waals surface area contributed by atoms with Crippen LogP contribution in [0.15, 0.2) is 24.3 Å². The van der Waals surface area contributed by atoms with Crippen molar-refractivity contribution in [3.63, 3.8) is 0 Å². The van der Waals surface area contributed by atoms with Crippen LogP contribution >= 0.6 is 0 Å². The summed E-state index contributed by atoms with van der Waals surface area (Å²) in [5, 5.41) is 11.1. The molecular weight excluding hydrogens is 280 g/mol. The van der Waals surface area contributed by atoms with Crippen LogP contribution in [0, 0.1) is 16.7 Å². The Morgan fingerprint density at radius 1 is 1.18 bits per heavy atom. The van der Waals surface area contributed by atoms with E-state index in [2.05, 4.69) is 20.8 Å². The predicted molar refractivity (Wildman–Crippen MR) is 79.2 cm³/mol. The number of carboxylic acid groups (broad SMARTS) is 1. The first-order valence-corrected chi connectivity index (χ1v) is 7.79. The molecule has 118 valence electrons. The van der Waals surface area contributed by atoms with E-state index in [0.29, 0.717) is 5.92 Å². The van der Waals surface area contributed by atoms with Gasteiger partial charge in [-0.1, -0.05) is 39.0 Å². The molecular formula is C18H21O4-. The molecule has 3 atom stereocenters. The lowest BCUT2D eigenvalue weighted by Gasteiger charge is -2.38. The second kappa shape index (κ2) is 4.83. The molecule has 2 fully saturated rings. The van der Waals surface area contributed by atoms with Crippen molar-refractivity contribution in [2.45, 2.75) is 46.1 Å². The molecule has 1 aromatic carbocycles. The maximum absolute atomic E-state index is 12.4. The zero-order valence-electron chi connectivity index (χ0n) is 13.2. The quantitative estimate of drug-likeness (QED) is 0.804. The van der Waals surface area contributed by atoms with Gasteiger partial charge in [0.2, 0.25) is 0 Å². The van der Waals surface area contributed by atoms with Crippen LogP contribution < -0.4 is 5.11 Å². The van der Waals surface area contributed by atoms with Gasteiger partial charge in [-0.3, -0.25) is 0 Å². The van der Waals surface area contributed by atoms with E-state index in [-0.39, 0.29) is 28.1 Å². The van der Waals surface area contributed by atoms with Gasteiger partial charge < -0.3 is 14.6 Å². The molecule has 0 spiro atoms. The molecule has 2 aliphatic rings. The number of carboxylic acids is 1. The summed E-state index contributed by atoms with van der Waals surface area (Å²) < 4.78 is 5.73. The third-order valence-corrected chi connectivity index (χ3v) is 6.33. The fourth-order valence-corrected chi connectivity index (χ4v) is 4.34. The van der Waals surface area contributed by atoms with Crippen LogP contribution in [0.5, 0.6) is 0 Å². The highest BCUT2D eigenvalue weighted by molar-refractivity contribution is 6.01. The largest absolute Gasteiger partial charge is 0.545 e. The van der Waals surface area contributed by atoms with Gasteiger partial charge in [-0.2, -0.15) is 0 Å². The van der Waals surface area contributed by atoms with E-state index in [4.69, 9.17) is 4.74 Å². The summed E-state index contributed by atoms with van der Waals surface area (Å²) in [4.78, 5) is 23.6. The molecule has 4 heteroatoms. The molecule has 2 saturated carbocycles. The van der Waals surface area contributed by atoms with Crippen molar-refractivity contribution < 1.29 is 19.4 Å². The Bertz CT molecular complexity index is 634. The average molecular weight is 301 g/mol. The van der Waals surface area contributed by atoms with Gasteiger partial charge in [0.25, 0.3) is 0 Å². The second-order valence-corrected chi connectivity index (χ2v) is 7.34. The number of carbonyl (C=O) groups is 2. The van der Waals surface area contributed by atoms with Gasteiger partial charge >= 0.3 is 5.97 Å². The lowest BCUT2D eigenvalue weighted by molar-refractivity contribution is -0.255. The van der Waals surface area contributed by atoms with Crippen LogP contribution in [0.4, 0.5) is 0 Å². The average Bonchev–Trinajstić information content (AvgIpc) is 2.80. The molecule has 1 aromatic rings. The van der Waals surface area contributed by atoms with E-state index in [1.54, 1.807) is 12.1 Å². The SMILES string of the molecule is CC1(C)[C@H]2CC[C@]1(C)[C@@H](OC(=O)c1ccccc1C(=O)[O-])C2. The Kier molecular flexibility index (Phi) is 3.31. The zero-order valence-corrected chi connectivity index (χ0v) is 13.2. The standard InChI is InChI=1S/C18H22O4/c1-17(2)11-8-9-18(17,3)14(10-11)22-16(21)13-7-5-4-6-12(13)15(19)20/h4-7,11,14H,8-10H2,1-3H3,(H,19,20)/p-1/t11-,14-,18+/m0/s1. The Balaban J connectivity index is 1.84. The third kappa shape index (κ3) is 1.97. The summed E-state index contributed by atoms with van der Waals surface area (Å²) >= 11 is 0. The molecule has 0 aromatic heterocycles. The minimum Gasteiger partial charge on any atom is -0.545 e. The Morgan fingerprint density at radius 3 is 2.32 bits per heavy atom. The number of ether oxygens (including phenoxy) is 1. The highest BCUT2D eigenvalue weighted by atomic mass is 16.5. The zero-order chi connectivity index (χ0) is 16.1. The molecule has 0 saturated heterocycles. The van der Waals surface area contributed by atoms with E-state index < -0.39 is 11.9 Å². The summed E-state index contributed by atoms with van der Waals surface area (Å²) in [6.07, 6.45) is 2.93. The van der Waals surface area contributed by atoms with Crippen molar-refractivity contribution >= 4 is 11.9 Å². The van der Waals surface area contributed by atoms with Crippen molar-refractivity contribution in [3.8, 4) is 0 Å². The number of hydrogen-bond acceptors (Lipinski definition) is 4. The van der Waals surface area contributed by atoms with Crippen LogP contribution in [0.2, 0.25) is 0 Å². The number of carbonyl (C=O) groups excluding carboxylic acids is 2. The maximum atomic E-state index is 12.4. The monoisotopic (exact) mass is 301 g/mol. The van der Waals surface area contributed by atoms with Gasteiger partial charge in [0.05, 0.1) is 11.5 Å².